The van der Waals surface area contributed by atoms with Crippen molar-refractivity contribution in [1.82, 2.24) is 0 Å². The fraction of sp³-hybridized carbons (Fsp3) is 0.895. The van der Waals surface area contributed by atoms with E-state index in [0.717, 1.165) is 43.4 Å². The predicted octanol–water partition coefficient (Wildman–Crippen LogP) is 4.44. The lowest BCUT2D eigenvalue weighted by atomic mass is 9.45. The lowest BCUT2D eigenvalue weighted by Gasteiger charge is -2.60. The van der Waals surface area contributed by atoms with Crippen LogP contribution in [0.1, 0.15) is 65.2 Å². The molecule has 0 amide bonds. The lowest BCUT2D eigenvalue weighted by Crippen LogP contribution is -2.53. The van der Waals surface area contributed by atoms with E-state index in [-0.39, 0.29) is 11.5 Å². The minimum atomic E-state index is -0.0503. The van der Waals surface area contributed by atoms with Crippen molar-refractivity contribution in [2.75, 3.05) is 0 Å². The smallest absolute Gasteiger partial charge is 0.0944 e. The number of aliphatic hydroxyl groups excluding tert-OH is 2. The maximum Gasteiger partial charge on any atom is 0.0944 e. The van der Waals surface area contributed by atoms with Crippen molar-refractivity contribution in [2.45, 2.75) is 71.3 Å². The second-order valence-corrected chi connectivity index (χ2v) is 8.87. The van der Waals surface area contributed by atoms with Crippen molar-refractivity contribution >= 4 is 0 Å². The Morgan fingerprint density at radius 1 is 1.05 bits per heavy atom. The van der Waals surface area contributed by atoms with E-state index in [1.807, 2.05) is 0 Å². The van der Waals surface area contributed by atoms with E-state index in [2.05, 4.69) is 19.9 Å². The zero-order chi connectivity index (χ0) is 14.8. The van der Waals surface area contributed by atoms with Crippen molar-refractivity contribution in [1.29, 1.82) is 0 Å². The molecule has 2 heteroatoms. The van der Waals surface area contributed by atoms with Crippen LogP contribution in [0.3, 0.4) is 0 Å². The molecule has 0 bridgehead atoms. The summed E-state index contributed by atoms with van der Waals surface area (Å²) in [7, 11) is 0. The van der Waals surface area contributed by atoms with Crippen LogP contribution in [0, 0.1) is 34.5 Å². The molecule has 0 saturated heterocycles. The van der Waals surface area contributed by atoms with E-state index in [4.69, 9.17) is 0 Å². The molecular formula is C19H30O2. The Labute approximate surface area is 128 Å². The monoisotopic (exact) mass is 290 g/mol. The van der Waals surface area contributed by atoms with Gasteiger partial charge in [0.15, 0.2) is 0 Å². The van der Waals surface area contributed by atoms with Gasteiger partial charge < -0.3 is 10.2 Å². The summed E-state index contributed by atoms with van der Waals surface area (Å²) in [4.78, 5) is 0. The van der Waals surface area contributed by atoms with Gasteiger partial charge in [-0.25, -0.2) is 0 Å². The molecule has 0 aliphatic heterocycles. The molecule has 0 unspecified atom stereocenters. The Balaban J connectivity index is 1.63. The van der Waals surface area contributed by atoms with Gasteiger partial charge in [0.1, 0.15) is 0 Å². The van der Waals surface area contributed by atoms with E-state index in [0.29, 0.717) is 17.1 Å². The van der Waals surface area contributed by atoms with Crippen LogP contribution in [0.5, 0.6) is 0 Å². The number of hydrogen-bond donors (Lipinski definition) is 2. The molecule has 4 rings (SSSR count). The van der Waals surface area contributed by atoms with Crippen molar-refractivity contribution in [2.24, 2.45) is 34.5 Å². The van der Waals surface area contributed by atoms with Crippen LogP contribution in [0.2, 0.25) is 0 Å². The number of aliphatic hydroxyl groups is 2. The van der Waals surface area contributed by atoms with Crippen molar-refractivity contribution in [3.05, 3.63) is 11.8 Å². The largest absolute Gasteiger partial charge is 0.512 e. The molecule has 2 nitrogen and oxygen atoms in total. The third-order valence-corrected chi connectivity index (χ3v) is 8.18. The highest BCUT2D eigenvalue weighted by atomic mass is 16.3. The molecule has 0 aromatic carbocycles. The van der Waals surface area contributed by atoms with Gasteiger partial charge in [-0.3, -0.25) is 0 Å². The van der Waals surface area contributed by atoms with Gasteiger partial charge in [0, 0.05) is 5.41 Å². The van der Waals surface area contributed by atoms with Crippen LogP contribution >= 0.6 is 0 Å². The van der Waals surface area contributed by atoms with Gasteiger partial charge >= 0.3 is 0 Å². The molecule has 21 heavy (non-hydrogen) atoms. The lowest BCUT2D eigenvalue weighted by molar-refractivity contribution is -0.121. The van der Waals surface area contributed by atoms with Crippen LogP contribution in [-0.2, 0) is 0 Å². The molecule has 2 N–H and O–H groups in total. The van der Waals surface area contributed by atoms with Gasteiger partial charge in [0.2, 0.25) is 0 Å². The first-order chi connectivity index (χ1) is 9.95. The minimum Gasteiger partial charge on any atom is -0.512 e. The highest BCUT2D eigenvalue weighted by Crippen LogP contribution is 2.65. The average Bonchev–Trinajstić information content (AvgIpc) is 2.76. The van der Waals surface area contributed by atoms with Gasteiger partial charge in [-0.1, -0.05) is 13.8 Å². The van der Waals surface area contributed by atoms with Crippen LogP contribution in [-0.4, -0.2) is 16.3 Å². The van der Waals surface area contributed by atoms with Gasteiger partial charge in [-0.05, 0) is 86.5 Å². The van der Waals surface area contributed by atoms with E-state index in [1.54, 1.807) is 0 Å². The first-order valence-corrected chi connectivity index (χ1v) is 9.03. The molecule has 0 aromatic rings. The van der Waals surface area contributed by atoms with Crippen LogP contribution < -0.4 is 0 Å². The normalized spacial score (nSPS) is 56.1. The van der Waals surface area contributed by atoms with Gasteiger partial charge in [0.25, 0.3) is 0 Å². The summed E-state index contributed by atoms with van der Waals surface area (Å²) in [6.07, 6.45) is 11.4. The summed E-state index contributed by atoms with van der Waals surface area (Å²) < 4.78 is 0. The van der Waals surface area contributed by atoms with E-state index in [9.17, 15) is 10.2 Å². The second kappa shape index (κ2) is 4.50. The molecule has 3 saturated carbocycles. The molecule has 0 heterocycles. The minimum absolute atomic E-state index is 0.0503. The maximum absolute atomic E-state index is 10.3. The van der Waals surface area contributed by atoms with Gasteiger partial charge in [0.05, 0.1) is 11.9 Å². The highest BCUT2D eigenvalue weighted by molar-refractivity contribution is 5.20. The Kier molecular flexibility index (Phi) is 3.03. The fourth-order valence-electron chi connectivity index (χ4n) is 6.78. The third-order valence-electron chi connectivity index (χ3n) is 8.18. The van der Waals surface area contributed by atoms with Gasteiger partial charge in [-0.2, -0.15) is 0 Å². The molecular weight excluding hydrogens is 260 g/mol. The Morgan fingerprint density at radius 3 is 2.67 bits per heavy atom. The number of allylic oxidation sites excluding steroid dienone is 2. The van der Waals surface area contributed by atoms with E-state index >= 15 is 0 Å². The third kappa shape index (κ3) is 1.81. The summed E-state index contributed by atoms with van der Waals surface area (Å²) in [6, 6.07) is 0. The summed E-state index contributed by atoms with van der Waals surface area (Å²) >= 11 is 0. The topological polar surface area (TPSA) is 40.5 Å². The molecule has 0 radical (unpaired) electrons. The Bertz CT molecular complexity index is 470. The first kappa shape index (κ1) is 14.1. The van der Waals surface area contributed by atoms with Crippen LogP contribution in [0.15, 0.2) is 11.8 Å². The summed E-state index contributed by atoms with van der Waals surface area (Å²) in [6.45, 7) is 4.82. The fourth-order valence-corrected chi connectivity index (χ4v) is 6.78. The van der Waals surface area contributed by atoms with Gasteiger partial charge in [-0.15, -0.1) is 0 Å². The predicted molar refractivity (Wildman–Crippen MR) is 83.8 cm³/mol. The van der Waals surface area contributed by atoms with Crippen molar-refractivity contribution < 1.29 is 10.2 Å². The highest BCUT2D eigenvalue weighted by Gasteiger charge is 2.58. The quantitative estimate of drug-likeness (QED) is 0.692. The molecule has 0 spiro atoms. The maximum atomic E-state index is 10.3. The first-order valence-electron chi connectivity index (χ1n) is 9.03. The van der Waals surface area contributed by atoms with E-state index < -0.39 is 0 Å². The van der Waals surface area contributed by atoms with Crippen LogP contribution in [0.4, 0.5) is 0 Å². The number of hydrogen-bond acceptors (Lipinski definition) is 2. The Hall–Kier alpha value is -0.500. The molecule has 118 valence electrons. The average molecular weight is 290 g/mol. The molecule has 3 fully saturated rings. The molecule has 7 atom stereocenters. The molecule has 4 aliphatic carbocycles. The number of rotatable bonds is 0. The standard InChI is InChI=1S/C19H30O2/c1-18-9-7-13(20)11-12(18)3-4-14-15-5-6-17(21)19(15,2)10-8-16(14)18/h6,12-16,20-21H,3-5,7-11H2,1-2H3/t12-,13+,14-,15-,16-,18-,19-/m0/s1. The van der Waals surface area contributed by atoms with E-state index in [1.165, 1.54) is 25.7 Å². The SMILES string of the molecule is C[C@]12CC[C@@H](O)C[C@@H]1CC[C@@H]1[C@@H]2CC[C@]2(C)C(O)=CC[C@@H]12. The second-order valence-electron chi connectivity index (χ2n) is 8.87. The van der Waals surface area contributed by atoms with Crippen molar-refractivity contribution in [3.63, 3.8) is 0 Å². The summed E-state index contributed by atoms with van der Waals surface area (Å²) in [5.74, 6) is 3.69. The zero-order valence-electron chi connectivity index (χ0n) is 13.5. The Morgan fingerprint density at radius 2 is 1.86 bits per heavy atom. The summed E-state index contributed by atoms with van der Waals surface area (Å²) in [5.41, 5.74) is 0.514. The molecule has 4 aliphatic rings. The number of fused-ring (bicyclic) bond motifs is 5. The molecule has 0 aromatic heterocycles. The summed E-state index contributed by atoms with van der Waals surface area (Å²) in [5, 5.41) is 20.4. The zero-order valence-corrected chi connectivity index (χ0v) is 13.5. The van der Waals surface area contributed by atoms with Crippen molar-refractivity contribution in [3.8, 4) is 0 Å². The van der Waals surface area contributed by atoms with Crippen LogP contribution in [0.25, 0.3) is 0 Å².